The largest absolute Gasteiger partial charge is 0.416 e. The Hall–Kier alpha value is -4.72. The maximum absolute atomic E-state index is 13.9. The van der Waals surface area contributed by atoms with Gasteiger partial charge in [-0.2, -0.15) is 13.2 Å². The normalized spacial score (nSPS) is 12.3. The standard InChI is InChI=1S/C31H24F3N3O2/c1-21(28-35-27-18-9-8-17-26(27)30(39)37(28)25-15-6-3-7-16-25)36(20-22-11-4-2-5-12-22)29(38)23-13-10-14-24(19-23)31(32,33)34/h2-19,21H,20H2,1H3. The van der Waals surface area contributed by atoms with E-state index in [4.69, 9.17) is 4.98 Å². The van der Waals surface area contributed by atoms with Crippen LogP contribution in [-0.4, -0.2) is 20.4 Å². The Bertz CT molecular complexity index is 1680. The first-order valence-electron chi connectivity index (χ1n) is 12.3. The number of benzene rings is 4. The number of para-hydroxylation sites is 2. The summed E-state index contributed by atoms with van der Waals surface area (Å²) in [7, 11) is 0. The number of carbonyl (C=O) groups is 1. The molecule has 39 heavy (non-hydrogen) atoms. The smallest absolute Gasteiger partial charge is 0.324 e. The van der Waals surface area contributed by atoms with Crippen molar-refractivity contribution in [2.45, 2.75) is 25.7 Å². The molecule has 5 aromatic rings. The lowest BCUT2D eigenvalue weighted by atomic mass is 10.1. The van der Waals surface area contributed by atoms with E-state index in [2.05, 4.69) is 0 Å². The summed E-state index contributed by atoms with van der Waals surface area (Å²) < 4.78 is 41.9. The Kier molecular flexibility index (Phi) is 7.02. The summed E-state index contributed by atoms with van der Waals surface area (Å²) in [4.78, 5) is 33.8. The Labute approximate surface area is 222 Å². The number of hydrogen-bond donors (Lipinski definition) is 0. The minimum Gasteiger partial charge on any atom is -0.324 e. The van der Waals surface area contributed by atoms with E-state index in [0.29, 0.717) is 22.4 Å². The molecular formula is C31H24F3N3O2. The molecule has 0 N–H and O–H groups in total. The highest BCUT2D eigenvalue weighted by Gasteiger charge is 2.33. The van der Waals surface area contributed by atoms with Crippen LogP contribution in [0.3, 0.4) is 0 Å². The fourth-order valence-corrected chi connectivity index (χ4v) is 4.56. The zero-order valence-corrected chi connectivity index (χ0v) is 21.0. The third-order valence-corrected chi connectivity index (χ3v) is 6.55. The molecule has 0 fully saturated rings. The Morgan fingerprint density at radius 1 is 0.872 bits per heavy atom. The molecule has 0 spiro atoms. The topological polar surface area (TPSA) is 55.2 Å². The zero-order valence-electron chi connectivity index (χ0n) is 21.0. The number of halogens is 3. The van der Waals surface area contributed by atoms with Crippen LogP contribution in [0.2, 0.25) is 0 Å². The molecule has 0 saturated carbocycles. The van der Waals surface area contributed by atoms with Crippen LogP contribution in [0.1, 0.15) is 40.3 Å². The number of carbonyl (C=O) groups excluding carboxylic acids is 1. The van der Waals surface area contributed by atoms with E-state index in [1.165, 1.54) is 21.6 Å². The first kappa shape index (κ1) is 25.9. The average Bonchev–Trinajstić information content (AvgIpc) is 2.96. The molecule has 1 heterocycles. The van der Waals surface area contributed by atoms with Crippen LogP contribution in [0, 0.1) is 0 Å². The highest BCUT2D eigenvalue weighted by atomic mass is 19.4. The second kappa shape index (κ2) is 10.6. The molecule has 5 rings (SSSR count). The number of fused-ring (bicyclic) bond motifs is 1. The highest BCUT2D eigenvalue weighted by Crippen LogP contribution is 2.31. The lowest BCUT2D eigenvalue weighted by Gasteiger charge is -2.31. The third-order valence-electron chi connectivity index (χ3n) is 6.55. The Morgan fingerprint density at radius 3 is 2.21 bits per heavy atom. The summed E-state index contributed by atoms with van der Waals surface area (Å²) >= 11 is 0. The third kappa shape index (κ3) is 5.31. The van der Waals surface area contributed by atoms with Crippen molar-refractivity contribution in [3.05, 3.63) is 142 Å². The van der Waals surface area contributed by atoms with Crippen LogP contribution in [-0.2, 0) is 12.7 Å². The van der Waals surface area contributed by atoms with E-state index in [1.54, 1.807) is 55.5 Å². The molecule has 5 nitrogen and oxygen atoms in total. The monoisotopic (exact) mass is 527 g/mol. The minimum atomic E-state index is -4.60. The van der Waals surface area contributed by atoms with Gasteiger partial charge in [-0.25, -0.2) is 4.98 Å². The molecule has 1 unspecified atom stereocenters. The van der Waals surface area contributed by atoms with Gasteiger partial charge in [-0.05, 0) is 55.0 Å². The Morgan fingerprint density at radius 2 is 1.51 bits per heavy atom. The second-order valence-corrected chi connectivity index (χ2v) is 9.14. The maximum atomic E-state index is 13.9. The van der Waals surface area contributed by atoms with Gasteiger partial charge in [0.2, 0.25) is 0 Å². The summed E-state index contributed by atoms with van der Waals surface area (Å²) in [6.07, 6.45) is -4.60. The molecule has 0 aliphatic rings. The predicted octanol–water partition coefficient (Wildman–Crippen LogP) is 6.81. The number of aromatic nitrogens is 2. The number of hydrogen-bond acceptors (Lipinski definition) is 3. The van der Waals surface area contributed by atoms with Crippen molar-refractivity contribution in [1.29, 1.82) is 0 Å². The summed E-state index contributed by atoms with van der Waals surface area (Å²) in [5, 5.41) is 0.413. The highest BCUT2D eigenvalue weighted by molar-refractivity contribution is 5.94. The van der Waals surface area contributed by atoms with Crippen LogP contribution in [0.25, 0.3) is 16.6 Å². The molecule has 0 saturated heterocycles. The van der Waals surface area contributed by atoms with Crippen LogP contribution in [0.5, 0.6) is 0 Å². The van der Waals surface area contributed by atoms with Gasteiger partial charge in [0.1, 0.15) is 5.82 Å². The van der Waals surface area contributed by atoms with Gasteiger partial charge >= 0.3 is 6.18 Å². The van der Waals surface area contributed by atoms with Crippen molar-refractivity contribution in [3.8, 4) is 5.69 Å². The first-order chi connectivity index (χ1) is 18.7. The van der Waals surface area contributed by atoms with Crippen molar-refractivity contribution in [2.75, 3.05) is 0 Å². The molecule has 0 aliphatic carbocycles. The van der Waals surface area contributed by atoms with Crippen LogP contribution >= 0.6 is 0 Å². The summed E-state index contributed by atoms with van der Waals surface area (Å²) in [5.74, 6) is -0.319. The van der Waals surface area contributed by atoms with E-state index >= 15 is 0 Å². The van der Waals surface area contributed by atoms with Gasteiger partial charge < -0.3 is 4.90 Å². The van der Waals surface area contributed by atoms with Gasteiger partial charge in [-0.15, -0.1) is 0 Å². The molecule has 1 amide bonds. The second-order valence-electron chi connectivity index (χ2n) is 9.14. The maximum Gasteiger partial charge on any atom is 0.416 e. The number of nitrogens with zero attached hydrogens (tertiary/aromatic N) is 3. The molecule has 196 valence electrons. The number of alkyl halides is 3. The molecule has 0 bridgehead atoms. The van der Waals surface area contributed by atoms with E-state index in [0.717, 1.165) is 17.7 Å². The molecule has 0 radical (unpaired) electrons. The molecular weight excluding hydrogens is 503 g/mol. The van der Waals surface area contributed by atoms with Crippen LogP contribution in [0.15, 0.2) is 114 Å². The molecule has 4 aromatic carbocycles. The van der Waals surface area contributed by atoms with Crippen LogP contribution < -0.4 is 5.56 Å². The molecule has 1 aromatic heterocycles. The van der Waals surface area contributed by atoms with E-state index in [9.17, 15) is 22.8 Å². The van der Waals surface area contributed by atoms with Crippen molar-refractivity contribution < 1.29 is 18.0 Å². The number of rotatable bonds is 6. The lowest BCUT2D eigenvalue weighted by Crippen LogP contribution is -2.37. The van der Waals surface area contributed by atoms with Gasteiger partial charge in [-0.3, -0.25) is 14.2 Å². The molecule has 1 atom stereocenters. The zero-order chi connectivity index (χ0) is 27.6. The van der Waals surface area contributed by atoms with Crippen molar-refractivity contribution in [1.82, 2.24) is 14.5 Å². The minimum absolute atomic E-state index is 0.0918. The average molecular weight is 528 g/mol. The van der Waals surface area contributed by atoms with Gasteiger partial charge in [0.25, 0.3) is 11.5 Å². The lowest BCUT2D eigenvalue weighted by molar-refractivity contribution is -0.137. The quantitative estimate of drug-likeness (QED) is 0.244. The fraction of sp³-hybridized carbons (Fsp3) is 0.129. The summed E-state index contributed by atoms with van der Waals surface area (Å²) in [6, 6.07) is 28.6. The first-order valence-corrected chi connectivity index (χ1v) is 12.3. The van der Waals surface area contributed by atoms with Gasteiger partial charge in [0.05, 0.1) is 28.2 Å². The Balaban J connectivity index is 1.69. The summed E-state index contributed by atoms with van der Waals surface area (Å²) in [5.41, 5.74) is 0.475. The van der Waals surface area contributed by atoms with Crippen molar-refractivity contribution in [2.24, 2.45) is 0 Å². The van der Waals surface area contributed by atoms with Crippen molar-refractivity contribution in [3.63, 3.8) is 0 Å². The summed E-state index contributed by atoms with van der Waals surface area (Å²) in [6.45, 7) is 1.82. The van der Waals surface area contributed by atoms with Gasteiger partial charge in [0.15, 0.2) is 0 Å². The van der Waals surface area contributed by atoms with Gasteiger partial charge in [0, 0.05) is 12.1 Å². The fourth-order valence-electron chi connectivity index (χ4n) is 4.56. The SMILES string of the molecule is CC(c1nc2ccccc2c(=O)n1-c1ccccc1)N(Cc1ccccc1)C(=O)c1cccc(C(F)(F)F)c1. The predicted molar refractivity (Wildman–Crippen MR) is 144 cm³/mol. The number of amides is 1. The van der Waals surface area contributed by atoms with Crippen molar-refractivity contribution >= 4 is 16.8 Å². The van der Waals surface area contributed by atoms with E-state index < -0.39 is 23.7 Å². The molecule has 8 heteroatoms. The molecule has 0 aliphatic heterocycles. The van der Waals surface area contributed by atoms with Crippen LogP contribution in [0.4, 0.5) is 13.2 Å². The van der Waals surface area contributed by atoms with E-state index in [-0.39, 0.29) is 17.7 Å². The van der Waals surface area contributed by atoms with Gasteiger partial charge in [-0.1, -0.05) is 66.7 Å². The van der Waals surface area contributed by atoms with E-state index in [1.807, 2.05) is 36.4 Å².